The molecule has 0 aliphatic carbocycles. The summed E-state index contributed by atoms with van der Waals surface area (Å²) in [5.41, 5.74) is 0. The molecular formula is C10H8O2. The fraction of sp³-hybridized carbons (Fsp3) is 0.100. The molecule has 2 nitrogen and oxygen atoms in total. The Morgan fingerprint density at radius 2 is 2.42 bits per heavy atom. The van der Waals surface area contributed by atoms with Gasteiger partial charge in [0.25, 0.3) is 0 Å². The summed E-state index contributed by atoms with van der Waals surface area (Å²) in [5.74, 6) is 3.85. The van der Waals surface area contributed by atoms with Gasteiger partial charge in [0.15, 0.2) is 0 Å². The highest BCUT2D eigenvalue weighted by Crippen LogP contribution is 2.09. The van der Waals surface area contributed by atoms with Crippen LogP contribution >= 0.6 is 0 Å². The summed E-state index contributed by atoms with van der Waals surface area (Å²) in [6.07, 6.45) is 9.23. The molecule has 0 atom stereocenters. The van der Waals surface area contributed by atoms with Crippen LogP contribution in [0.3, 0.4) is 0 Å². The van der Waals surface area contributed by atoms with Gasteiger partial charge in [-0.1, -0.05) is 5.92 Å². The fourth-order valence-corrected chi connectivity index (χ4v) is 0.814. The van der Waals surface area contributed by atoms with Gasteiger partial charge in [-0.15, -0.1) is 6.42 Å². The van der Waals surface area contributed by atoms with E-state index in [-0.39, 0.29) is 0 Å². The van der Waals surface area contributed by atoms with Crippen molar-refractivity contribution in [3.63, 3.8) is 0 Å². The third-order valence-corrected chi connectivity index (χ3v) is 1.30. The monoisotopic (exact) mass is 160 g/mol. The van der Waals surface area contributed by atoms with Crippen molar-refractivity contribution in [2.75, 3.05) is 0 Å². The van der Waals surface area contributed by atoms with Gasteiger partial charge in [0.1, 0.15) is 17.8 Å². The van der Waals surface area contributed by atoms with Crippen LogP contribution in [0, 0.1) is 12.3 Å². The quantitative estimate of drug-likeness (QED) is 0.382. The largest absolute Gasteiger partial charge is 0.461 e. The Labute approximate surface area is 70.9 Å². The van der Waals surface area contributed by atoms with Crippen LogP contribution in [-0.4, -0.2) is 6.29 Å². The number of rotatable bonds is 3. The van der Waals surface area contributed by atoms with Gasteiger partial charge in [-0.2, -0.15) is 0 Å². The van der Waals surface area contributed by atoms with E-state index in [2.05, 4.69) is 5.92 Å². The number of carbonyl (C=O) groups is 1. The number of hydrogen-bond donors (Lipinski definition) is 0. The SMILES string of the molecule is C#CCc1ccc(/C=C/C=O)o1. The van der Waals surface area contributed by atoms with Gasteiger partial charge >= 0.3 is 0 Å². The zero-order chi connectivity index (χ0) is 8.81. The first-order valence-electron chi connectivity index (χ1n) is 3.51. The maximum absolute atomic E-state index is 9.95. The average Bonchev–Trinajstić information content (AvgIpc) is 2.50. The third-order valence-electron chi connectivity index (χ3n) is 1.30. The average molecular weight is 160 g/mol. The van der Waals surface area contributed by atoms with Crippen molar-refractivity contribution >= 4 is 12.4 Å². The van der Waals surface area contributed by atoms with Crippen molar-refractivity contribution in [3.05, 3.63) is 29.7 Å². The lowest BCUT2D eigenvalue weighted by Crippen LogP contribution is -1.72. The minimum atomic E-state index is 0.481. The molecule has 12 heavy (non-hydrogen) atoms. The van der Waals surface area contributed by atoms with Crippen molar-refractivity contribution in [3.8, 4) is 12.3 Å². The predicted octanol–water partition coefficient (Wildman–Crippen LogP) is 1.67. The molecule has 1 rings (SSSR count). The van der Waals surface area contributed by atoms with Gasteiger partial charge in [-0.05, 0) is 24.3 Å². The second-order valence-electron chi connectivity index (χ2n) is 2.18. The van der Waals surface area contributed by atoms with E-state index in [1.54, 1.807) is 18.2 Å². The van der Waals surface area contributed by atoms with Gasteiger partial charge in [0, 0.05) is 0 Å². The number of furan rings is 1. The zero-order valence-corrected chi connectivity index (χ0v) is 6.49. The molecule has 0 aliphatic rings. The van der Waals surface area contributed by atoms with Crippen LogP contribution < -0.4 is 0 Å². The molecular weight excluding hydrogens is 152 g/mol. The molecule has 0 spiro atoms. The van der Waals surface area contributed by atoms with E-state index < -0.39 is 0 Å². The highest BCUT2D eigenvalue weighted by Gasteiger charge is 1.95. The van der Waals surface area contributed by atoms with E-state index in [1.165, 1.54) is 6.08 Å². The molecule has 0 radical (unpaired) electrons. The lowest BCUT2D eigenvalue weighted by molar-refractivity contribution is -0.104. The summed E-state index contributed by atoms with van der Waals surface area (Å²) in [5, 5.41) is 0. The molecule has 0 N–H and O–H groups in total. The highest BCUT2D eigenvalue weighted by atomic mass is 16.3. The number of terminal acetylenes is 1. The van der Waals surface area contributed by atoms with Gasteiger partial charge in [-0.25, -0.2) is 0 Å². The summed E-state index contributed by atoms with van der Waals surface area (Å²) in [4.78, 5) is 9.95. The smallest absolute Gasteiger partial charge is 0.142 e. The third kappa shape index (κ3) is 2.14. The van der Waals surface area contributed by atoms with Crippen molar-refractivity contribution in [2.24, 2.45) is 0 Å². The summed E-state index contributed by atoms with van der Waals surface area (Å²) in [6.45, 7) is 0. The molecule has 0 saturated heterocycles. The lowest BCUT2D eigenvalue weighted by atomic mass is 10.3. The van der Waals surface area contributed by atoms with Crippen LogP contribution in [0.4, 0.5) is 0 Å². The van der Waals surface area contributed by atoms with E-state index in [4.69, 9.17) is 10.8 Å². The minimum absolute atomic E-state index is 0.481. The Bertz CT molecular complexity index is 326. The second-order valence-corrected chi connectivity index (χ2v) is 2.18. The second kappa shape index (κ2) is 4.20. The molecule has 0 aromatic carbocycles. The van der Waals surface area contributed by atoms with Crippen molar-refractivity contribution in [1.29, 1.82) is 0 Å². The molecule has 1 aromatic heterocycles. The number of allylic oxidation sites excluding steroid dienone is 1. The van der Waals surface area contributed by atoms with Crippen LogP contribution in [0.2, 0.25) is 0 Å². The highest BCUT2D eigenvalue weighted by molar-refractivity contribution is 5.72. The summed E-state index contributed by atoms with van der Waals surface area (Å²) in [7, 11) is 0. The molecule has 0 aliphatic heterocycles. The van der Waals surface area contributed by atoms with Crippen molar-refractivity contribution in [2.45, 2.75) is 6.42 Å². The van der Waals surface area contributed by atoms with Gasteiger partial charge in [0.05, 0.1) is 6.42 Å². The maximum Gasteiger partial charge on any atom is 0.142 e. The predicted molar refractivity (Wildman–Crippen MR) is 46.3 cm³/mol. The van der Waals surface area contributed by atoms with E-state index in [1.807, 2.05) is 0 Å². The Morgan fingerprint density at radius 1 is 1.58 bits per heavy atom. The van der Waals surface area contributed by atoms with E-state index in [0.29, 0.717) is 18.5 Å². The van der Waals surface area contributed by atoms with Gasteiger partial charge < -0.3 is 4.42 Å². The van der Waals surface area contributed by atoms with Crippen LogP contribution in [0.25, 0.3) is 6.08 Å². The molecule has 1 aromatic rings. The first-order valence-corrected chi connectivity index (χ1v) is 3.51. The standard InChI is InChI=1S/C10H8O2/c1-2-4-9-6-7-10(12-9)5-3-8-11/h1,3,5-8H,4H2/b5-3+. The van der Waals surface area contributed by atoms with Crippen molar-refractivity contribution < 1.29 is 9.21 Å². The maximum atomic E-state index is 9.95. The molecule has 0 amide bonds. The van der Waals surface area contributed by atoms with E-state index >= 15 is 0 Å². The summed E-state index contributed by atoms with van der Waals surface area (Å²) < 4.78 is 5.24. The molecule has 1 heterocycles. The molecule has 60 valence electrons. The van der Waals surface area contributed by atoms with Crippen molar-refractivity contribution in [1.82, 2.24) is 0 Å². The van der Waals surface area contributed by atoms with Crippen LogP contribution in [-0.2, 0) is 11.2 Å². The Hall–Kier alpha value is -1.75. The van der Waals surface area contributed by atoms with Crippen LogP contribution in [0.15, 0.2) is 22.6 Å². The number of hydrogen-bond acceptors (Lipinski definition) is 2. The minimum Gasteiger partial charge on any atom is -0.461 e. The van der Waals surface area contributed by atoms with Crippen LogP contribution in [0.5, 0.6) is 0 Å². The summed E-state index contributed by atoms with van der Waals surface area (Å²) >= 11 is 0. The van der Waals surface area contributed by atoms with E-state index in [0.717, 1.165) is 5.76 Å². The Morgan fingerprint density at radius 3 is 3.08 bits per heavy atom. The molecule has 0 fully saturated rings. The van der Waals surface area contributed by atoms with Gasteiger partial charge in [-0.3, -0.25) is 4.79 Å². The van der Waals surface area contributed by atoms with Gasteiger partial charge in [0.2, 0.25) is 0 Å². The molecule has 0 bridgehead atoms. The zero-order valence-electron chi connectivity index (χ0n) is 6.49. The first kappa shape index (κ1) is 8.35. The number of aldehydes is 1. The lowest BCUT2D eigenvalue weighted by Gasteiger charge is -1.84. The number of carbonyl (C=O) groups excluding carboxylic acids is 1. The molecule has 0 saturated carbocycles. The normalized spacial score (nSPS) is 9.92. The molecule has 0 unspecified atom stereocenters. The summed E-state index contributed by atoms with van der Waals surface area (Å²) in [6, 6.07) is 3.57. The Balaban J connectivity index is 2.71. The Kier molecular flexibility index (Phi) is 2.92. The molecule has 2 heteroatoms. The van der Waals surface area contributed by atoms with Crippen LogP contribution in [0.1, 0.15) is 11.5 Å². The first-order chi connectivity index (χ1) is 5.86. The topological polar surface area (TPSA) is 30.2 Å². The van der Waals surface area contributed by atoms with E-state index in [9.17, 15) is 4.79 Å². The fourth-order valence-electron chi connectivity index (χ4n) is 0.814.